The van der Waals surface area contributed by atoms with Crippen LogP contribution in [-0.2, 0) is 11.3 Å². The Morgan fingerprint density at radius 3 is 2.95 bits per heavy atom. The molecule has 1 aliphatic rings. The lowest BCUT2D eigenvalue weighted by molar-refractivity contribution is -0.167. The van der Waals surface area contributed by atoms with Crippen LogP contribution in [0.1, 0.15) is 31.1 Å². The van der Waals surface area contributed by atoms with Crippen molar-refractivity contribution < 1.29 is 18.0 Å². The van der Waals surface area contributed by atoms with Gasteiger partial charge in [-0.2, -0.15) is 13.2 Å². The van der Waals surface area contributed by atoms with Crippen LogP contribution in [0, 0.1) is 0 Å². The van der Waals surface area contributed by atoms with Crippen molar-refractivity contribution in [2.24, 2.45) is 0 Å². The van der Waals surface area contributed by atoms with Crippen LogP contribution in [0.5, 0.6) is 0 Å². The summed E-state index contributed by atoms with van der Waals surface area (Å²) < 4.78 is 36.4. The number of nitrogens with one attached hydrogen (secondary N) is 1. The first-order valence-corrected chi connectivity index (χ1v) is 7.25. The van der Waals surface area contributed by atoms with Crippen molar-refractivity contribution in [2.45, 2.75) is 44.9 Å². The Balaban J connectivity index is 1.93. The molecular weight excluding hydrogens is 291 g/mol. The molecule has 0 saturated carbocycles. The van der Waals surface area contributed by atoms with Gasteiger partial charge < -0.3 is 0 Å². The Morgan fingerprint density at radius 1 is 1.55 bits per heavy atom. The third-order valence-electron chi connectivity index (χ3n) is 3.33. The van der Waals surface area contributed by atoms with Gasteiger partial charge in [-0.3, -0.25) is 15.0 Å². The second kappa shape index (κ2) is 6.09. The molecule has 1 saturated heterocycles. The SMILES string of the molecule is CC1CCCCN1Cc1cnc(NC(=O)C(F)(F)F)s1. The number of carbonyl (C=O) groups is 1. The first kappa shape index (κ1) is 15.2. The number of alkyl halides is 3. The van der Waals surface area contributed by atoms with Gasteiger partial charge in [0.25, 0.3) is 0 Å². The fraction of sp³-hybridized carbons (Fsp3) is 0.667. The van der Waals surface area contributed by atoms with E-state index in [1.54, 1.807) is 5.32 Å². The van der Waals surface area contributed by atoms with E-state index >= 15 is 0 Å². The van der Waals surface area contributed by atoms with Gasteiger partial charge in [0.1, 0.15) is 0 Å². The number of nitrogens with zero attached hydrogens (tertiary/aromatic N) is 2. The molecule has 2 heterocycles. The largest absolute Gasteiger partial charge is 0.471 e. The molecule has 1 aromatic rings. The standard InChI is InChI=1S/C12H16F3N3OS/c1-8-4-2-3-5-18(8)7-9-6-16-11(20-9)17-10(19)12(13,14)15/h6,8H,2-5,7H2,1H3,(H,16,17,19). The summed E-state index contributed by atoms with van der Waals surface area (Å²) in [5.74, 6) is -1.98. The molecule has 1 aromatic heterocycles. The summed E-state index contributed by atoms with van der Waals surface area (Å²) in [5.41, 5.74) is 0. The smallest absolute Gasteiger partial charge is 0.296 e. The van der Waals surface area contributed by atoms with Crippen molar-refractivity contribution in [3.05, 3.63) is 11.1 Å². The van der Waals surface area contributed by atoms with Crippen molar-refractivity contribution in [2.75, 3.05) is 11.9 Å². The van der Waals surface area contributed by atoms with E-state index in [9.17, 15) is 18.0 Å². The van der Waals surface area contributed by atoms with E-state index in [1.165, 1.54) is 12.6 Å². The summed E-state index contributed by atoms with van der Waals surface area (Å²) >= 11 is 1.09. The molecule has 0 radical (unpaired) electrons. The molecule has 2 rings (SSSR count). The van der Waals surface area contributed by atoms with Gasteiger partial charge in [0, 0.05) is 23.7 Å². The quantitative estimate of drug-likeness (QED) is 0.933. The summed E-state index contributed by atoms with van der Waals surface area (Å²) in [7, 11) is 0. The molecule has 1 unspecified atom stereocenters. The van der Waals surface area contributed by atoms with Crippen LogP contribution in [0.3, 0.4) is 0 Å². The summed E-state index contributed by atoms with van der Waals surface area (Å²) in [6.45, 7) is 3.80. The number of amides is 1. The van der Waals surface area contributed by atoms with Crippen LogP contribution in [0.15, 0.2) is 6.20 Å². The van der Waals surface area contributed by atoms with Crippen LogP contribution in [-0.4, -0.2) is 34.6 Å². The fourth-order valence-electron chi connectivity index (χ4n) is 2.20. The van der Waals surface area contributed by atoms with E-state index in [4.69, 9.17) is 0 Å². The van der Waals surface area contributed by atoms with Crippen LogP contribution < -0.4 is 5.32 Å². The monoisotopic (exact) mass is 307 g/mol. The molecule has 1 aliphatic heterocycles. The number of rotatable bonds is 3. The summed E-state index contributed by atoms with van der Waals surface area (Å²) in [6, 6.07) is 0.471. The number of hydrogen-bond acceptors (Lipinski definition) is 4. The minimum atomic E-state index is -4.88. The second-order valence-electron chi connectivity index (χ2n) is 4.90. The highest BCUT2D eigenvalue weighted by Crippen LogP contribution is 2.25. The predicted octanol–water partition coefficient (Wildman–Crippen LogP) is 3.02. The topological polar surface area (TPSA) is 45.2 Å². The summed E-state index contributed by atoms with van der Waals surface area (Å²) in [4.78, 5) is 17.8. The third kappa shape index (κ3) is 3.92. The van der Waals surface area contributed by atoms with Gasteiger partial charge in [0.2, 0.25) is 0 Å². The second-order valence-corrected chi connectivity index (χ2v) is 6.01. The molecular formula is C12H16F3N3OS. The zero-order valence-electron chi connectivity index (χ0n) is 11.0. The van der Waals surface area contributed by atoms with Crippen LogP contribution in [0.2, 0.25) is 0 Å². The van der Waals surface area contributed by atoms with Gasteiger partial charge in [-0.05, 0) is 26.3 Å². The zero-order valence-corrected chi connectivity index (χ0v) is 11.9. The van der Waals surface area contributed by atoms with Crippen LogP contribution >= 0.6 is 11.3 Å². The van der Waals surface area contributed by atoms with Gasteiger partial charge in [-0.25, -0.2) is 4.98 Å². The Morgan fingerprint density at radius 2 is 2.30 bits per heavy atom. The molecule has 1 N–H and O–H groups in total. The first-order valence-electron chi connectivity index (χ1n) is 6.43. The Kier molecular flexibility index (Phi) is 4.64. The zero-order chi connectivity index (χ0) is 14.8. The highest BCUT2D eigenvalue weighted by atomic mass is 32.1. The molecule has 0 aliphatic carbocycles. The molecule has 112 valence electrons. The average Bonchev–Trinajstić information content (AvgIpc) is 2.78. The minimum Gasteiger partial charge on any atom is -0.296 e. The van der Waals surface area contributed by atoms with E-state index in [1.807, 2.05) is 0 Å². The van der Waals surface area contributed by atoms with E-state index in [0.29, 0.717) is 12.6 Å². The number of aromatic nitrogens is 1. The molecule has 0 spiro atoms. The average molecular weight is 307 g/mol. The Labute approximate surface area is 119 Å². The normalized spacial score (nSPS) is 20.9. The lowest BCUT2D eigenvalue weighted by atomic mass is 10.0. The summed E-state index contributed by atoms with van der Waals surface area (Å²) in [6.07, 6.45) is 0.135. The molecule has 8 heteroatoms. The maximum atomic E-state index is 12.1. The third-order valence-corrected chi connectivity index (χ3v) is 4.23. The van der Waals surface area contributed by atoms with E-state index < -0.39 is 12.1 Å². The van der Waals surface area contributed by atoms with E-state index in [0.717, 1.165) is 35.6 Å². The van der Waals surface area contributed by atoms with E-state index in [2.05, 4.69) is 16.8 Å². The maximum Gasteiger partial charge on any atom is 0.471 e. The van der Waals surface area contributed by atoms with Gasteiger partial charge >= 0.3 is 12.1 Å². The first-order chi connectivity index (χ1) is 9.36. The van der Waals surface area contributed by atoms with Gasteiger partial charge in [0.05, 0.1) is 0 Å². The molecule has 4 nitrogen and oxygen atoms in total. The number of carbonyl (C=O) groups excluding carboxylic acids is 1. The molecule has 0 aromatic carbocycles. The van der Waals surface area contributed by atoms with E-state index in [-0.39, 0.29) is 5.13 Å². The Bertz CT molecular complexity index is 475. The molecule has 0 bridgehead atoms. The van der Waals surface area contributed by atoms with Gasteiger partial charge in [-0.1, -0.05) is 6.42 Å². The van der Waals surface area contributed by atoms with Crippen molar-refractivity contribution in [3.8, 4) is 0 Å². The van der Waals surface area contributed by atoms with Crippen LogP contribution in [0.25, 0.3) is 0 Å². The molecule has 1 fully saturated rings. The van der Waals surface area contributed by atoms with Crippen molar-refractivity contribution in [1.82, 2.24) is 9.88 Å². The number of halogens is 3. The van der Waals surface area contributed by atoms with Crippen LogP contribution in [0.4, 0.5) is 18.3 Å². The molecule has 20 heavy (non-hydrogen) atoms. The van der Waals surface area contributed by atoms with Crippen molar-refractivity contribution in [3.63, 3.8) is 0 Å². The fourth-order valence-corrected chi connectivity index (χ4v) is 3.03. The van der Waals surface area contributed by atoms with Crippen molar-refractivity contribution >= 4 is 22.4 Å². The molecule has 1 amide bonds. The maximum absolute atomic E-state index is 12.1. The summed E-state index contributed by atoms with van der Waals surface area (Å²) in [5, 5.41) is 1.77. The Hall–Kier alpha value is -1.15. The molecule has 1 atom stereocenters. The van der Waals surface area contributed by atoms with Crippen molar-refractivity contribution in [1.29, 1.82) is 0 Å². The lowest BCUT2D eigenvalue weighted by Crippen LogP contribution is -2.36. The number of piperidine rings is 1. The highest BCUT2D eigenvalue weighted by molar-refractivity contribution is 7.15. The predicted molar refractivity (Wildman–Crippen MR) is 70.5 cm³/mol. The van der Waals surface area contributed by atoms with Gasteiger partial charge in [-0.15, -0.1) is 11.3 Å². The highest BCUT2D eigenvalue weighted by Gasteiger charge is 2.39. The minimum absolute atomic E-state index is 0.00742. The lowest BCUT2D eigenvalue weighted by Gasteiger charge is -2.32. The number of thiazole rings is 1. The van der Waals surface area contributed by atoms with Gasteiger partial charge in [0.15, 0.2) is 5.13 Å². The number of anilines is 1. The number of hydrogen-bond donors (Lipinski definition) is 1. The number of likely N-dealkylation sites (tertiary alicyclic amines) is 1.